The van der Waals surface area contributed by atoms with Crippen LogP contribution in [-0.2, 0) is 11.3 Å². The lowest BCUT2D eigenvalue weighted by Gasteiger charge is -2.09. The molecule has 1 aromatic rings. The Labute approximate surface area is 113 Å². The highest BCUT2D eigenvalue weighted by atomic mass is 79.9. The Hall–Kier alpha value is -0.590. The van der Waals surface area contributed by atoms with Crippen molar-refractivity contribution in [1.82, 2.24) is 5.32 Å². The quantitative estimate of drug-likeness (QED) is 0.809. The highest BCUT2D eigenvalue weighted by Crippen LogP contribution is 2.17. The zero-order valence-electron chi connectivity index (χ0n) is 9.98. The van der Waals surface area contributed by atoms with Crippen LogP contribution in [0.1, 0.15) is 11.1 Å². The summed E-state index contributed by atoms with van der Waals surface area (Å²) in [5.41, 5.74) is 2.22. The van der Waals surface area contributed by atoms with Gasteiger partial charge in [-0.15, -0.1) is 0 Å². The van der Waals surface area contributed by atoms with Crippen LogP contribution in [0.4, 0.5) is 13.2 Å². The van der Waals surface area contributed by atoms with Gasteiger partial charge in [-0.1, -0.05) is 28.1 Å². The van der Waals surface area contributed by atoms with Gasteiger partial charge in [0.25, 0.3) is 0 Å². The molecule has 0 spiro atoms. The van der Waals surface area contributed by atoms with Crippen LogP contribution < -0.4 is 5.32 Å². The van der Waals surface area contributed by atoms with Crippen LogP contribution in [0.2, 0.25) is 0 Å². The molecule has 0 saturated heterocycles. The molecule has 0 aliphatic heterocycles. The van der Waals surface area contributed by atoms with Gasteiger partial charge >= 0.3 is 6.18 Å². The van der Waals surface area contributed by atoms with Gasteiger partial charge in [-0.05, 0) is 24.1 Å². The van der Waals surface area contributed by atoms with Gasteiger partial charge in [0.05, 0.1) is 6.61 Å². The first kappa shape index (κ1) is 15.5. The van der Waals surface area contributed by atoms with E-state index in [1.54, 1.807) is 0 Å². The van der Waals surface area contributed by atoms with E-state index in [-0.39, 0.29) is 6.61 Å². The van der Waals surface area contributed by atoms with Crippen molar-refractivity contribution >= 4 is 15.9 Å². The first-order valence-electron chi connectivity index (χ1n) is 5.49. The molecule has 0 saturated carbocycles. The van der Waals surface area contributed by atoms with Crippen LogP contribution in [0.5, 0.6) is 0 Å². The third kappa shape index (κ3) is 6.37. The normalized spacial score (nSPS) is 11.8. The van der Waals surface area contributed by atoms with Crippen molar-refractivity contribution in [2.24, 2.45) is 0 Å². The molecular formula is C12H15BrF3NO. The van der Waals surface area contributed by atoms with E-state index in [0.29, 0.717) is 13.1 Å². The summed E-state index contributed by atoms with van der Waals surface area (Å²) in [6.07, 6.45) is -4.25. The second kappa shape index (κ2) is 7.11. The average molecular weight is 326 g/mol. The molecule has 0 atom stereocenters. The number of halogens is 4. The number of hydrogen-bond acceptors (Lipinski definition) is 2. The molecule has 1 aromatic carbocycles. The summed E-state index contributed by atoms with van der Waals surface area (Å²) in [4.78, 5) is 0. The number of aryl methyl sites for hydroxylation is 1. The first-order valence-corrected chi connectivity index (χ1v) is 6.28. The highest BCUT2D eigenvalue weighted by molar-refractivity contribution is 9.10. The molecule has 102 valence electrons. The summed E-state index contributed by atoms with van der Waals surface area (Å²) in [6.45, 7) is 1.85. The fourth-order valence-corrected chi connectivity index (χ4v) is 1.74. The van der Waals surface area contributed by atoms with Crippen molar-refractivity contribution in [1.29, 1.82) is 0 Å². The van der Waals surface area contributed by atoms with E-state index in [0.717, 1.165) is 15.6 Å². The van der Waals surface area contributed by atoms with Gasteiger partial charge in [-0.25, -0.2) is 0 Å². The van der Waals surface area contributed by atoms with Gasteiger partial charge in [0.1, 0.15) is 6.61 Å². The number of nitrogens with one attached hydrogen (secondary N) is 1. The Balaban J connectivity index is 2.16. The van der Waals surface area contributed by atoms with E-state index in [9.17, 15) is 13.2 Å². The molecule has 18 heavy (non-hydrogen) atoms. The second-order valence-electron chi connectivity index (χ2n) is 3.93. The van der Waals surface area contributed by atoms with Crippen molar-refractivity contribution in [3.8, 4) is 0 Å². The van der Waals surface area contributed by atoms with Crippen LogP contribution in [0.15, 0.2) is 22.7 Å². The summed E-state index contributed by atoms with van der Waals surface area (Å²) < 4.78 is 40.8. The lowest BCUT2D eigenvalue weighted by atomic mass is 10.1. The molecule has 1 rings (SSSR count). The van der Waals surface area contributed by atoms with Crippen molar-refractivity contribution < 1.29 is 17.9 Å². The molecule has 0 heterocycles. The van der Waals surface area contributed by atoms with Crippen molar-refractivity contribution in [2.75, 3.05) is 19.8 Å². The Morgan fingerprint density at radius 2 is 2.06 bits per heavy atom. The number of benzene rings is 1. The minimum Gasteiger partial charge on any atom is -0.371 e. The van der Waals surface area contributed by atoms with Crippen LogP contribution in [-0.4, -0.2) is 25.9 Å². The van der Waals surface area contributed by atoms with E-state index in [4.69, 9.17) is 0 Å². The molecule has 0 radical (unpaired) electrons. The van der Waals surface area contributed by atoms with Gasteiger partial charge in [-0.3, -0.25) is 0 Å². The van der Waals surface area contributed by atoms with Crippen molar-refractivity contribution in [2.45, 2.75) is 19.6 Å². The predicted octanol–water partition coefficient (Wildman–Crippen LogP) is 3.43. The minimum absolute atomic E-state index is 0.0482. The van der Waals surface area contributed by atoms with Crippen LogP contribution >= 0.6 is 15.9 Å². The van der Waals surface area contributed by atoms with Crippen molar-refractivity contribution in [3.05, 3.63) is 33.8 Å². The summed E-state index contributed by atoms with van der Waals surface area (Å²) in [7, 11) is 0. The third-order valence-electron chi connectivity index (χ3n) is 2.25. The van der Waals surface area contributed by atoms with E-state index < -0.39 is 12.8 Å². The summed E-state index contributed by atoms with van der Waals surface area (Å²) >= 11 is 3.42. The zero-order valence-corrected chi connectivity index (χ0v) is 11.6. The fraction of sp³-hybridized carbons (Fsp3) is 0.500. The highest BCUT2D eigenvalue weighted by Gasteiger charge is 2.27. The average Bonchev–Trinajstić information content (AvgIpc) is 2.26. The monoisotopic (exact) mass is 325 g/mol. The third-order valence-corrected chi connectivity index (χ3v) is 3.11. The lowest BCUT2D eigenvalue weighted by molar-refractivity contribution is -0.173. The summed E-state index contributed by atoms with van der Waals surface area (Å²) in [5, 5.41) is 3.02. The summed E-state index contributed by atoms with van der Waals surface area (Å²) in [6, 6.07) is 5.95. The van der Waals surface area contributed by atoms with Gasteiger partial charge in [-0.2, -0.15) is 13.2 Å². The lowest BCUT2D eigenvalue weighted by Crippen LogP contribution is -2.23. The number of rotatable bonds is 6. The molecular weight excluding hydrogens is 311 g/mol. The van der Waals surface area contributed by atoms with Gasteiger partial charge < -0.3 is 10.1 Å². The molecule has 2 nitrogen and oxygen atoms in total. The number of ether oxygens (including phenoxy) is 1. The fourth-order valence-electron chi connectivity index (χ4n) is 1.31. The van der Waals surface area contributed by atoms with Crippen LogP contribution in [0, 0.1) is 6.92 Å². The Bertz CT molecular complexity index is 382. The van der Waals surface area contributed by atoms with E-state index in [2.05, 4.69) is 26.0 Å². The molecule has 0 aliphatic rings. The maximum absolute atomic E-state index is 11.8. The van der Waals surface area contributed by atoms with Gasteiger partial charge in [0.15, 0.2) is 0 Å². The van der Waals surface area contributed by atoms with Crippen molar-refractivity contribution in [3.63, 3.8) is 0 Å². The minimum atomic E-state index is -4.25. The predicted molar refractivity (Wildman–Crippen MR) is 67.5 cm³/mol. The first-order chi connectivity index (χ1) is 8.38. The van der Waals surface area contributed by atoms with Crippen LogP contribution in [0.25, 0.3) is 0 Å². The smallest absolute Gasteiger partial charge is 0.371 e. The molecule has 6 heteroatoms. The van der Waals surface area contributed by atoms with Crippen LogP contribution in [0.3, 0.4) is 0 Å². The number of hydrogen-bond donors (Lipinski definition) is 1. The molecule has 0 fully saturated rings. The molecule has 0 aromatic heterocycles. The van der Waals surface area contributed by atoms with Gasteiger partial charge in [0, 0.05) is 17.6 Å². The Morgan fingerprint density at radius 3 is 2.67 bits per heavy atom. The molecule has 0 bridgehead atoms. The van der Waals surface area contributed by atoms with E-state index in [1.165, 1.54) is 0 Å². The summed E-state index contributed by atoms with van der Waals surface area (Å²) in [5.74, 6) is 0. The van der Waals surface area contributed by atoms with E-state index in [1.807, 2.05) is 25.1 Å². The SMILES string of the molecule is Cc1ccc(CNCCOCC(F)(F)F)cc1Br. The Morgan fingerprint density at radius 1 is 1.33 bits per heavy atom. The zero-order chi connectivity index (χ0) is 13.6. The standard InChI is InChI=1S/C12H15BrF3NO/c1-9-2-3-10(6-11(9)13)7-17-4-5-18-8-12(14,15)16/h2-3,6,17H,4-5,7-8H2,1H3. The number of alkyl halides is 3. The van der Waals surface area contributed by atoms with Gasteiger partial charge in [0.2, 0.25) is 0 Å². The second-order valence-corrected chi connectivity index (χ2v) is 4.78. The Kier molecular flexibility index (Phi) is 6.11. The van der Waals surface area contributed by atoms with E-state index >= 15 is 0 Å². The molecule has 0 unspecified atom stereocenters. The molecule has 1 N–H and O–H groups in total. The maximum Gasteiger partial charge on any atom is 0.411 e. The molecule has 0 aliphatic carbocycles. The largest absolute Gasteiger partial charge is 0.411 e. The topological polar surface area (TPSA) is 21.3 Å². The molecule has 0 amide bonds. The maximum atomic E-state index is 11.8.